The Labute approximate surface area is 208 Å². The highest BCUT2D eigenvalue weighted by molar-refractivity contribution is 8.18. The number of carbonyl (C=O) groups is 2. The first-order valence-corrected chi connectivity index (χ1v) is 12.0. The number of nitrogens with zero attached hydrogens (tertiary/aromatic N) is 3. The fourth-order valence-electron chi connectivity index (χ4n) is 3.28. The Hall–Kier alpha value is -3.85. The van der Waals surface area contributed by atoms with Gasteiger partial charge in [0.15, 0.2) is 0 Å². The molecule has 0 radical (unpaired) electrons. The van der Waals surface area contributed by atoms with Crippen LogP contribution in [0.15, 0.2) is 65.8 Å². The number of carbonyl (C=O) groups excluding carboxylic acids is 2. The molecule has 0 saturated carbocycles. The molecule has 1 aliphatic heterocycles. The van der Waals surface area contributed by atoms with Gasteiger partial charge in [-0.1, -0.05) is 38.1 Å². The first-order valence-electron chi connectivity index (χ1n) is 11.2. The Bertz CT molecular complexity index is 1230. The zero-order valence-corrected chi connectivity index (χ0v) is 20.5. The van der Waals surface area contributed by atoms with Crippen molar-refractivity contribution in [3.63, 3.8) is 0 Å². The van der Waals surface area contributed by atoms with E-state index in [0.29, 0.717) is 35.6 Å². The number of nitrogens with one attached hydrogen (secondary N) is 1. The molecule has 2 amide bonds. The van der Waals surface area contributed by atoms with Gasteiger partial charge in [-0.25, -0.2) is 9.97 Å². The van der Waals surface area contributed by atoms with Crippen LogP contribution < -0.4 is 19.7 Å². The molecule has 3 aromatic rings. The van der Waals surface area contributed by atoms with Gasteiger partial charge in [-0.2, -0.15) is 0 Å². The van der Waals surface area contributed by atoms with Gasteiger partial charge in [-0.3, -0.25) is 14.9 Å². The summed E-state index contributed by atoms with van der Waals surface area (Å²) < 4.78 is 11.7. The summed E-state index contributed by atoms with van der Waals surface area (Å²) in [6, 6.07) is 17.1. The first kappa shape index (κ1) is 24.3. The highest BCUT2D eigenvalue weighted by Crippen LogP contribution is 2.26. The predicted octanol–water partition coefficient (Wildman–Crippen LogP) is 5.23. The number of hydrogen-bond acceptors (Lipinski definition) is 8. The Morgan fingerprint density at radius 3 is 2.40 bits per heavy atom. The smallest absolute Gasteiger partial charge is 0.290 e. The molecule has 8 nitrogen and oxygen atoms in total. The van der Waals surface area contributed by atoms with E-state index in [-0.39, 0.29) is 11.1 Å². The van der Waals surface area contributed by atoms with Crippen molar-refractivity contribution in [1.29, 1.82) is 0 Å². The summed E-state index contributed by atoms with van der Waals surface area (Å²) in [5.41, 5.74) is 2.07. The Morgan fingerprint density at radius 1 is 1.03 bits per heavy atom. The minimum atomic E-state index is -0.370. The summed E-state index contributed by atoms with van der Waals surface area (Å²) in [6.07, 6.45) is 3.16. The van der Waals surface area contributed by atoms with Crippen molar-refractivity contribution in [2.24, 2.45) is 0 Å². The van der Waals surface area contributed by atoms with E-state index in [1.165, 1.54) is 11.9 Å². The van der Waals surface area contributed by atoms with Gasteiger partial charge in [0.1, 0.15) is 30.3 Å². The minimum absolute atomic E-state index is 0.354. The molecule has 0 unspecified atom stereocenters. The molecule has 1 saturated heterocycles. The summed E-state index contributed by atoms with van der Waals surface area (Å²) >= 11 is 0.896. The first-order chi connectivity index (χ1) is 16.9. The third kappa shape index (κ3) is 6.60. The van der Waals surface area contributed by atoms with Crippen molar-refractivity contribution in [3.05, 3.63) is 77.0 Å². The number of amides is 2. The quantitative estimate of drug-likeness (QED) is 0.408. The monoisotopic (exact) mass is 490 g/mol. The van der Waals surface area contributed by atoms with Gasteiger partial charge in [0, 0.05) is 13.1 Å². The van der Waals surface area contributed by atoms with Crippen molar-refractivity contribution >= 4 is 34.8 Å². The lowest BCUT2D eigenvalue weighted by molar-refractivity contribution is -0.115. The zero-order chi connectivity index (χ0) is 24.8. The van der Waals surface area contributed by atoms with Crippen molar-refractivity contribution in [2.75, 3.05) is 25.1 Å². The third-order valence-electron chi connectivity index (χ3n) is 5.30. The molecule has 1 N–H and O–H groups in total. The second-order valence-electron chi connectivity index (χ2n) is 8.23. The van der Waals surface area contributed by atoms with Crippen LogP contribution in [0.3, 0.4) is 0 Å². The number of rotatable bonds is 9. The summed E-state index contributed by atoms with van der Waals surface area (Å²) in [6.45, 7) is 5.35. The molecule has 4 rings (SSSR count). The van der Waals surface area contributed by atoms with Crippen molar-refractivity contribution in [1.82, 2.24) is 15.3 Å². The van der Waals surface area contributed by atoms with Crippen molar-refractivity contribution < 1.29 is 19.1 Å². The number of benzene rings is 2. The van der Waals surface area contributed by atoms with E-state index in [1.54, 1.807) is 12.1 Å². The molecule has 1 fully saturated rings. The van der Waals surface area contributed by atoms with Gasteiger partial charge in [-0.05, 0) is 59.1 Å². The molecule has 9 heteroatoms. The van der Waals surface area contributed by atoms with Crippen LogP contribution in [0, 0.1) is 0 Å². The lowest BCUT2D eigenvalue weighted by atomic mass is 10.0. The largest absolute Gasteiger partial charge is 0.492 e. The average Bonchev–Trinajstić information content (AvgIpc) is 3.17. The van der Waals surface area contributed by atoms with Crippen LogP contribution in [-0.2, 0) is 4.79 Å². The SMILES string of the molecule is CC(C)c1ccc(Oc2cc(N(C)CCOc3ccc(/C=C4\SC(=O)NC4=O)cc3)ncn2)cc1. The third-order valence-corrected chi connectivity index (χ3v) is 6.11. The lowest BCUT2D eigenvalue weighted by Gasteiger charge is -2.18. The number of hydrogen-bond donors (Lipinski definition) is 1. The number of aromatic nitrogens is 2. The van der Waals surface area contributed by atoms with Crippen LogP contribution in [0.25, 0.3) is 6.08 Å². The normalized spacial score (nSPS) is 14.3. The molecule has 0 spiro atoms. The zero-order valence-electron chi connectivity index (χ0n) is 19.7. The molecule has 0 atom stereocenters. The number of ether oxygens (including phenoxy) is 2. The molecule has 180 valence electrons. The topological polar surface area (TPSA) is 93.7 Å². The number of likely N-dealkylation sites (N-methyl/N-ethyl adjacent to an activating group) is 1. The van der Waals surface area contributed by atoms with Gasteiger partial charge in [-0.15, -0.1) is 0 Å². The minimum Gasteiger partial charge on any atom is -0.492 e. The molecular formula is C26H26N4O4S. The van der Waals surface area contributed by atoms with Crippen LogP contribution in [0.1, 0.15) is 30.9 Å². The number of anilines is 1. The van der Waals surface area contributed by atoms with E-state index in [4.69, 9.17) is 9.47 Å². The van der Waals surface area contributed by atoms with Crippen LogP contribution in [0.2, 0.25) is 0 Å². The van der Waals surface area contributed by atoms with E-state index in [2.05, 4.69) is 41.3 Å². The second kappa shape index (κ2) is 11.1. The molecule has 2 heterocycles. The molecular weight excluding hydrogens is 464 g/mol. The van der Waals surface area contributed by atoms with E-state index >= 15 is 0 Å². The maximum atomic E-state index is 11.7. The summed E-state index contributed by atoms with van der Waals surface area (Å²) in [7, 11) is 1.92. The summed E-state index contributed by atoms with van der Waals surface area (Å²) in [5, 5.41) is 1.89. The van der Waals surface area contributed by atoms with Gasteiger partial charge in [0.25, 0.3) is 11.1 Å². The van der Waals surface area contributed by atoms with Gasteiger partial charge in [0.2, 0.25) is 5.88 Å². The van der Waals surface area contributed by atoms with E-state index in [1.807, 2.05) is 48.3 Å². The summed E-state index contributed by atoms with van der Waals surface area (Å²) in [4.78, 5) is 33.8. The van der Waals surface area contributed by atoms with Crippen molar-refractivity contribution in [2.45, 2.75) is 19.8 Å². The Balaban J connectivity index is 1.28. The maximum Gasteiger partial charge on any atom is 0.290 e. The van der Waals surface area contributed by atoms with E-state index in [9.17, 15) is 9.59 Å². The number of thioether (sulfide) groups is 1. The molecule has 1 aromatic heterocycles. The standard InChI is InChI=1S/C26H26N4O4S/c1-17(2)19-6-10-21(11-7-19)34-24-15-23(27-16-28-24)30(3)12-13-33-20-8-4-18(5-9-20)14-22-25(31)29-26(32)35-22/h4-11,14-17H,12-13H2,1-3H3,(H,29,31,32)/b22-14-. The number of imide groups is 1. The molecule has 0 bridgehead atoms. The van der Waals surface area contributed by atoms with Crippen LogP contribution in [-0.4, -0.2) is 41.3 Å². The van der Waals surface area contributed by atoms with Crippen LogP contribution in [0.4, 0.5) is 10.6 Å². The van der Waals surface area contributed by atoms with Crippen LogP contribution >= 0.6 is 11.8 Å². The lowest BCUT2D eigenvalue weighted by Crippen LogP contribution is -2.24. The van der Waals surface area contributed by atoms with Gasteiger partial charge >= 0.3 is 0 Å². The molecule has 0 aliphatic carbocycles. The molecule has 35 heavy (non-hydrogen) atoms. The maximum absolute atomic E-state index is 11.7. The highest BCUT2D eigenvalue weighted by Gasteiger charge is 2.24. The fraction of sp³-hybridized carbons (Fsp3) is 0.231. The summed E-state index contributed by atoms with van der Waals surface area (Å²) in [5.74, 6) is 2.72. The Morgan fingerprint density at radius 2 is 1.74 bits per heavy atom. The highest BCUT2D eigenvalue weighted by atomic mass is 32.2. The van der Waals surface area contributed by atoms with E-state index in [0.717, 1.165) is 28.9 Å². The van der Waals surface area contributed by atoms with Gasteiger partial charge < -0.3 is 14.4 Å². The van der Waals surface area contributed by atoms with Crippen LogP contribution in [0.5, 0.6) is 17.4 Å². The average molecular weight is 491 g/mol. The predicted molar refractivity (Wildman–Crippen MR) is 137 cm³/mol. The van der Waals surface area contributed by atoms with Crippen molar-refractivity contribution in [3.8, 4) is 17.4 Å². The molecule has 1 aliphatic rings. The van der Waals surface area contributed by atoms with Gasteiger partial charge in [0.05, 0.1) is 11.4 Å². The Kier molecular flexibility index (Phi) is 7.67. The van der Waals surface area contributed by atoms with E-state index < -0.39 is 0 Å². The molecule has 2 aromatic carbocycles. The second-order valence-corrected chi connectivity index (χ2v) is 9.25. The fourth-order valence-corrected chi connectivity index (χ4v) is 3.97.